The quantitative estimate of drug-likeness (QED) is 0.852. The minimum absolute atomic E-state index is 0.107. The fourth-order valence-electron chi connectivity index (χ4n) is 2.77. The molecule has 1 aliphatic rings. The summed E-state index contributed by atoms with van der Waals surface area (Å²) in [4.78, 5) is 0. The van der Waals surface area contributed by atoms with Gasteiger partial charge in [0.15, 0.2) is 0 Å². The first-order valence-corrected chi connectivity index (χ1v) is 6.86. The van der Waals surface area contributed by atoms with Crippen LogP contribution in [0.5, 0.6) is 0 Å². The third kappa shape index (κ3) is 2.62. The van der Waals surface area contributed by atoms with Crippen LogP contribution in [0.2, 0.25) is 0 Å². The minimum atomic E-state index is -0.180. The van der Waals surface area contributed by atoms with E-state index in [-0.39, 0.29) is 11.9 Å². The highest BCUT2D eigenvalue weighted by molar-refractivity contribution is 5.51. The fourth-order valence-corrected chi connectivity index (χ4v) is 2.77. The third-order valence-corrected chi connectivity index (χ3v) is 3.83. The highest BCUT2D eigenvalue weighted by Gasteiger charge is 2.12. The fraction of sp³-hybridized carbons (Fsp3) is 0.294. The van der Waals surface area contributed by atoms with Crippen LogP contribution in [-0.4, -0.2) is 0 Å². The standard InChI is InChI=1S/C17H18FN/c1-12(14-5-3-7-16(18)10-14)19-17-9-8-13-4-2-6-15(13)11-17/h3,5,7-12,19H,2,4,6H2,1H3. The second-order valence-electron chi connectivity index (χ2n) is 5.26. The van der Waals surface area contributed by atoms with Crippen LogP contribution < -0.4 is 5.32 Å². The van der Waals surface area contributed by atoms with Crippen LogP contribution in [0, 0.1) is 5.82 Å². The van der Waals surface area contributed by atoms with Gasteiger partial charge in [-0.1, -0.05) is 18.2 Å². The van der Waals surface area contributed by atoms with Crippen molar-refractivity contribution in [1.29, 1.82) is 0 Å². The van der Waals surface area contributed by atoms with E-state index in [1.165, 1.54) is 36.5 Å². The van der Waals surface area contributed by atoms with E-state index < -0.39 is 0 Å². The number of fused-ring (bicyclic) bond motifs is 1. The lowest BCUT2D eigenvalue weighted by Crippen LogP contribution is -2.07. The first-order chi connectivity index (χ1) is 9.22. The molecular weight excluding hydrogens is 237 g/mol. The maximum Gasteiger partial charge on any atom is 0.123 e. The highest BCUT2D eigenvalue weighted by atomic mass is 19.1. The van der Waals surface area contributed by atoms with Crippen molar-refractivity contribution < 1.29 is 4.39 Å². The van der Waals surface area contributed by atoms with Gasteiger partial charge in [0.1, 0.15) is 5.82 Å². The summed E-state index contributed by atoms with van der Waals surface area (Å²) in [5.41, 5.74) is 5.03. The van der Waals surface area contributed by atoms with Crippen molar-refractivity contribution in [2.45, 2.75) is 32.2 Å². The number of halogens is 1. The van der Waals surface area contributed by atoms with Crippen molar-refractivity contribution in [3.05, 3.63) is 65.0 Å². The number of benzene rings is 2. The van der Waals surface area contributed by atoms with E-state index in [0.717, 1.165) is 11.3 Å². The van der Waals surface area contributed by atoms with Crippen LogP contribution in [-0.2, 0) is 12.8 Å². The van der Waals surface area contributed by atoms with Crippen LogP contribution in [0.3, 0.4) is 0 Å². The summed E-state index contributed by atoms with van der Waals surface area (Å²) in [6, 6.07) is 13.5. The predicted molar refractivity (Wildman–Crippen MR) is 76.9 cm³/mol. The van der Waals surface area contributed by atoms with E-state index in [4.69, 9.17) is 0 Å². The molecule has 1 atom stereocenters. The summed E-state index contributed by atoms with van der Waals surface area (Å²) >= 11 is 0. The molecule has 0 aliphatic heterocycles. The maximum atomic E-state index is 13.2. The number of anilines is 1. The summed E-state index contributed by atoms with van der Waals surface area (Å²) in [5, 5.41) is 3.45. The second-order valence-corrected chi connectivity index (χ2v) is 5.26. The molecule has 0 amide bonds. The topological polar surface area (TPSA) is 12.0 Å². The first-order valence-electron chi connectivity index (χ1n) is 6.86. The van der Waals surface area contributed by atoms with Crippen LogP contribution in [0.15, 0.2) is 42.5 Å². The summed E-state index contributed by atoms with van der Waals surface area (Å²) in [6.07, 6.45) is 3.65. The number of hydrogen-bond acceptors (Lipinski definition) is 1. The smallest absolute Gasteiger partial charge is 0.123 e. The molecule has 19 heavy (non-hydrogen) atoms. The summed E-state index contributed by atoms with van der Waals surface area (Å²) < 4.78 is 13.2. The number of aryl methyl sites for hydroxylation is 2. The Morgan fingerprint density at radius 1 is 1.05 bits per heavy atom. The van der Waals surface area contributed by atoms with Gasteiger partial charge in [0.25, 0.3) is 0 Å². The molecule has 0 aromatic heterocycles. The van der Waals surface area contributed by atoms with Crippen LogP contribution in [0.1, 0.15) is 36.1 Å². The molecule has 0 fully saturated rings. The van der Waals surface area contributed by atoms with E-state index in [9.17, 15) is 4.39 Å². The number of nitrogens with one attached hydrogen (secondary N) is 1. The van der Waals surface area contributed by atoms with Crippen molar-refractivity contribution in [3.8, 4) is 0 Å². The number of rotatable bonds is 3. The van der Waals surface area contributed by atoms with E-state index >= 15 is 0 Å². The zero-order valence-electron chi connectivity index (χ0n) is 11.1. The molecule has 1 unspecified atom stereocenters. The van der Waals surface area contributed by atoms with Gasteiger partial charge in [-0.15, -0.1) is 0 Å². The molecule has 2 aromatic rings. The zero-order valence-corrected chi connectivity index (χ0v) is 11.1. The lowest BCUT2D eigenvalue weighted by molar-refractivity contribution is 0.623. The molecule has 2 heteroatoms. The summed E-state index contributed by atoms with van der Waals surface area (Å²) in [5.74, 6) is -0.180. The van der Waals surface area contributed by atoms with Gasteiger partial charge in [0.2, 0.25) is 0 Å². The molecule has 0 saturated heterocycles. The molecule has 1 aliphatic carbocycles. The Kier molecular flexibility index (Phi) is 3.24. The Morgan fingerprint density at radius 2 is 1.89 bits per heavy atom. The minimum Gasteiger partial charge on any atom is -0.379 e. The van der Waals surface area contributed by atoms with Crippen molar-refractivity contribution >= 4 is 5.69 Å². The van der Waals surface area contributed by atoms with Crippen molar-refractivity contribution in [2.75, 3.05) is 5.32 Å². The summed E-state index contributed by atoms with van der Waals surface area (Å²) in [6.45, 7) is 2.06. The number of hydrogen-bond donors (Lipinski definition) is 1. The summed E-state index contributed by atoms with van der Waals surface area (Å²) in [7, 11) is 0. The van der Waals surface area contributed by atoms with Gasteiger partial charge in [0, 0.05) is 11.7 Å². The van der Waals surface area contributed by atoms with Crippen molar-refractivity contribution in [3.63, 3.8) is 0 Å². The lowest BCUT2D eigenvalue weighted by Gasteiger charge is -2.16. The van der Waals surface area contributed by atoms with Gasteiger partial charge >= 0.3 is 0 Å². The first kappa shape index (κ1) is 12.2. The monoisotopic (exact) mass is 255 g/mol. The largest absolute Gasteiger partial charge is 0.379 e. The SMILES string of the molecule is CC(Nc1ccc2c(c1)CCC2)c1cccc(F)c1. The average molecular weight is 255 g/mol. The van der Waals surface area contributed by atoms with E-state index in [2.05, 4.69) is 30.4 Å². The molecular formula is C17H18FN. The molecule has 0 saturated carbocycles. The molecule has 1 nitrogen and oxygen atoms in total. The van der Waals surface area contributed by atoms with Gasteiger partial charge in [-0.25, -0.2) is 4.39 Å². The van der Waals surface area contributed by atoms with Crippen LogP contribution in [0.25, 0.3) is 0 Å². The molecule has 0 heterocycles. The molecule has 0 radical (unpaired) electrons. The Hall–Kier alpha value is -1.83. The maximum absolute atomic E-state index is 13.2. The van der Waals surface area contributed by atoms with Gasteiger partial charge < -0.3 is 5.32 Å². The highest BCUT2D eigenvalue weighted by Crippen LogP contribution is 2.27. The average Bonchev–Trinajstić information content (AvgIpc) is 2.86. The molecule has 3 rings (SSSR count). The molecule has 0 bridgehead atoms. The Balaban J connectivity index is 1.77. The Bertz CT molecular complexity index is 592. The van der Waals surface area contributed by atoms with Gasteiger partial charge in [-0.2, -0.15) is 0 Å². The Morgan fingerprint density at radius 3 is 2.74 bits per heavy atom. The van der Waals surface area contributed by atoms with Crippen LogP contribution in [0.4, 0.5) is 10.1 Å². The van der Waals surface area contributed by atoms with Gasteiger partial charge in [-0.3, -0.25) is 0 Å². The van der Waals surface area contributed by atoms with Gasteiger partial charge in [0.05, 0.1) is 0 Å². The van der Waals surface area contributed by atoms with Crippen LogP contribution >= 0.6 is 0 Å². The molecule has 98 valence electrons. The normalized spacial score (nSPS) is 15.1. The molecule has 1 N–H and O–H groups in total. The third-order valence-electron chi connectivity index (χ3n) is 3.83. The lowest BCUT2D eigenvalue weighted by atomic mass is 10.1. The van der Waals surface area contributed by atoms with Crippen molar-refractivity contribution in [2.24, 2.45) is 0 Å². The van der Waals surface area contributed by atoms with E-state index in [1.807, 2.05) is 6.07 Å². The zero-order chi connectivity index (χ0) is 13.2. The Labute approximate surface area is 113 Å². The molecule has 0 spiro atoms. The van der Waals surface area contributed by atoms with E-state index in [1.54, 1.807) is 12.1 Å². The predicted octanol–water partition coefficient (Wildman–Crippen LogP) is 4.49. The second kappa shape index (κ2) is 5.04. The van der Waals surface area contributed by atoms with Crippen molar-refractivity contribution in [1.82, 2.24) is 0 Å². The van der Waals surface area contributed by atoms with Gasteiger partial charge in [-0.05, 0) is 67.1 Å². The molecule has 2 aromatic carbocycles. The van der Waals surface area contributed by atoms with E-state index in [0.29, 0.717) is 0 Å².